The van der Waals surface area contributed by atoms with Crippen molar-refractivity contribution in [3.8, 4) is 22.5 Å². The Hall–Kier alpha value is -3.95. The van der Waals surface area contributed by atoms with E-state index < -0.39 is 5.91 Å². The normalized spacial score (nSPS) is 11.6. The van der Waals surface area contributed by atoms with Crippen molar-refractivity contribution in [2.24, 2.45) is 4.99 Å². The molecule has 0 aliphatic heterocycles. The van der Waals surface area contributed by atoms with Gasteiger partial charge < -0.3 is 0 Å². The smallest absolute Gasteiger partial charge is 0.267 e. The van der Waals surface area contributed by atoms with Gasteiger partial charge in [-0.1, -0.05) is 83.6 Å². The second kappa shape index (κ2) is 9.50. The van der Waals surface area contributed by atoms with Crippen LogP contribution in [0.15, 0.2) is 77.8 Å². The van der Waals surface area contributed by atoms with Gasteiger partial charge in [0.1, 0.15) is 5.01 Å². The van der Waals surface area contributed by atoms with Gasteiger partial charge in [0.2, 0.25) is 10.6 Å². The average Bonchev–Trinajstić information content (AvgIpc) is 3.50. The summed E-state index contributed by atoms with van der Waals surface area (Å²) in [5, 5.41) is 20.1. The van der Waals surface area contributed by atoms with Crippen LogP contribution in [0.2, 0.25) is 5.02 Å². The van der Waals surface area contributed by atoms with Crippen molar-refractivity contribution in [3.05, 3.63) is 98.8 Å². The Morgan fingerprint density at radius 2 is 1.76 bits per heavy atom. The van der Waals surface area contributed by atoms with Gasteiger partial charge in [-0.25, -0.2) is 4.68 Å². The van der Waals surface area contributed by atoms with E-state index in [2.05, 4.69) is 30.7 Å². The first-order valence-electron chi connectivity index (χ1n) is 10.4. The highest BCUT2D eigenvalue weighted by Crippen LogP contribution is 2.29. The molecule has 0 fully saturated rings. The standard InChI is InChI=1S/C24H18ClN7OS/c1-15-29-32(24(34-15)26-23(33)20-8-4-5-9-21(20)25)14-16-10-12-17(13-11-16)18-6-2-3-7-19(18)22-27-30-31-28-22/h2-13H,14H2,1H3,(H,27,28,30,31). The Bertz CT molecular complexity index is 1520. The number of tetrazole rings is 1. The van der Waals surface area contributed by atoms with Crippen LogP contribution < -0.4 is 4.80 Å². The van der Waals surface area contributed by atoms with Crippen molar-refractivity contribution >= 4 is 28.8 Å². The number of rotatable bonds is 5. The molecule has 0 spiro atoms. The number of aromatic amines is 1. The van der Waals surface area contributed by atoms with Crippen molar-refractivity contribution in [2.75, 3.05) is 0 Å². The summed E-state index contributed by atoms with van der Waals surface area (Å²) >= 11 is 7.52. The minimum absolute atomic E-state index is 0.367. The predicted octanol–water partition coefficient (Wildman–Crippen LogP) is 4.54. The third kappa shape index (κ3) is 4.57. The van der Waals surface area contributed by atoms with Crippen molar-refractivity contribution in [3.63, 3.8) is 0 Å². The summed E-state index contributed by atoms with van der Waals surface area (Å²) in [5.74, 6) is 0.152. The molecule has 0 aliphatic rings. The molecule has 2 heterocycles. The molecule has 0 aliphatic carbocycles. The van der Waals surface area contributed by atoms with Crippen molar-refractivity contribution < 1.29 is 4.79 Å². The van der Waals surface area contributed by atoms with Crippen LogP contribution >= 0.6 is 22.9 Å². The summed E-state index contributed by atoms with van der Waals surface area (Å²) < 4.78 is 1.73. The van der Waals surface area contributed by atoms with Crippen molar-refractivity contribution in [1.82, 2.24) is 30.4 Å². The number of carbonyl (C=O) groups excluding carboxylic acids is 1. The van der Waals surface area contributed by atoms with Gasteiger partial charge >= 0.3 is 0 Å². The van der Waals surface area contributed by atoms with Crippen LogP contribution in [-0.4, -0.2) is 36.3 Å². The van der Waals surface area contributed by atoms with Crippen molar-refractivity contribution in [1.29, 1.82) is 0 Å². The van der Waals surface area contributed by atoms with Gasteiger partial charge in [0, 0.05) is 5.56 Å². The minimum Gasteiger partial charge on any atom is -0.267 e. The number of carbonyl (C=O) groups is 1. The van der Waals surface area contributed by atoms with Crippen LogP contribution in [0, 0.1) is 6.92 Å². The lowest BCUT2D eigenvalue weighted by Crippen LogP contribution is -2.19. The molecule has 1 N–H and O–H groups in total. The van der Waals surface area contributed by atoms with E-state index in [0.717, 1.165) is 27.3 Å². The summed E-state index contributed by atoms with van der Waals surface area (Å²) in [6.07, 6.45) is 0. The maximum atomic E-state index is 12.7. The molecular formula is C24H18ClN7OS. The Morgan fingerprint density at radius 1 is 1.03 bits per heavy atom. The number of aromatic nitrogens is 6. The molecule has 0 atom stereocenters. The molecule has 0 bridgehead atoms. The second-order valence-corrected chi connectivity index (χ2v) is 9.00. The van der Waals surface area contributed by atoms with E-state index in [4.69, 9.17) is 11.6 Å². The maximum Gasteiger partial charge on any atom is 0.281 e. The highest BCUT2D eigenvalue weighted by molar-refractivity contribution is 7.08. The molecule has 5 rings (SSSR count). The number of H-pyrrole nitrogens is 1. The van der Waals surface area contributed by atoms with Crippen LogP contribution in [0.5, 0.6) is 0 Å². The number of hydrogen-bond acceptors (Lipinski definition) is 6. The van der Waals surface area contributed by atoms with Crippen LogP contribution in [-0.2, 0) is 6.54 Å². The van der Waals surface area contributed by atoms with Crippen LogP contribution in [0.25, 0.3) is 22.5 Å². The lowest BCUT2D eigenvalue weighted by Gasteiger charge is -2.08. The number of nitrogens with one attached hydrogen (secondary N) is 1. The molecule has 1 amide bonds. The van der Waals surface area contributed by atoms with E-state index in [1.165, 1.54) is 11.3 Å². The molecule has 5 aromatic rings. The predicted molar refractivity (Wildman–Crippen MR) is 130 cm³/mol. The first-order valence-corrected chi connectivity index (χ1v) is 11.6. The molecule has 34 heavy (non-hydrogen) atoms. The first-order chi connectivity index (χ1) is 16.6. The summed E-state index contributed by atoms with van der Waals surface area (Å²) in [4.78, 5) is 17.5. The molecule has 3 aromatic carbocycles. The second-order valence-electron chi connectivity index (χ2n) is 7.44. The van der Waals surface area contributed by atoms with E-state index in [1.54, 1.807) is 28.9 Å². The molecular weight excluding hydrogens is 470 g/mol. The van der Waals surface area contributed by atoms with Crippen LogP contribution in [0.4, 0.5) is 0 Å². The third-order valence-corrected chi connectivity index (χ3v) is 6.32. The Kier molecular flexibility index (Phi) is 6.11. The fourth-order valence-electron chi connectivity index (χ4n) is 3.55. The molecule has 168 valence electrons. The summed E-state index contributed by atoms with van der Waals surface area (Å²) in [7, 11) is 0. The van der Waals surface area contributed by atoms with Crippen LogP contribution in [0.1, 0.15) is 20.9 Å². The molecule has 8 nitrogen and oxygen atoms in total. The van der Waals surface area contributed by atoms with E-state index >= 15 is 0 Å². The van der Waals surface area contributed by atoms with E-state index in [0.29, 0.717) is 27.8 Å². The van der Waals surface area contributed by atoms with Gasteiger partial charge in [0.15, 0.2) is 0 Å². The van der Waals surface area contributed by atoms with Gasteiger partial charge in [-0.05, 0) is 41.0 Å². The summed E-state index contributed by atoms with van der Waals surface area (Å²) in [6.45, 7) is 2.36. The highest BCUT2D eigenvalue weighted by Gasteiger charge is 2.12. The SMILES string of the molecule is Cc1nn(Cc2ccc(-c3ccccc3-c3nn[nH]n3)cc2)c(=NC(=O)c2ccccc2Cl)s1. The largest absolute Gasteiger partial charge is 0.281 e. The van der Waals surface area contributed by atoms with Gasteiger partial charge in [-0.15, -0.1) is 10.2 Å². The topological polar surface area (TPSA) is 102 Å². The third-order valence-electron chi connectivity index (χ3n) is 5.13. The molecule has 10 heteroatoms. The number of halogens is 1. The van der Waals surface area contributed by atoms with Gasteiger partial charge in [0.25, 0.3) is 5.91 Å². The molecule has 0 saturated heterocycles. The first kappa shape index (κ1) is 21.9. The van der Waals surface area contributed by atoms with E-state index in [-0.39, 0.29) is 0 Å². The lowest BCUT2D eigenvalue weighted by atomic mass is 9.98. The Labute approximate surface area is 203 Å². The van der Waals surface area contributed by atoms with Gasteiger partial charge in [-0.2, -0.15) is 15.3 Å². The fraction of sp³-hybridized carbons (Fsp3) is 0.0833. The molecule has 2 aromatic heterocycles. The zero-order valence-electron chi connectivity index (χ0n) is 18.0. The Balaban J connectivity index is 1.42. The quantitative estimate of drug-likeness (QED) is 0.392. The zero-order valence-corrected chi connectivity index (χ0v) is 19.6. The minimum atomic E-state index is -0.392. The van der Waals surface area contributed by atoms with Crippen molar-refractivity contribution in [2.45, 2.75) is 13.5 Å². The number of nitrogens with zero attached hydrogens (tertiary/aromatic N) is 6. The zero-order chi connectivity index (χ0) is 23.5. The summed E-state index contributed by atoms with van der Waals surface area (Å²) in [5.41, 5.74) is 4.33. The van der Waals surface area contributed by atoms with Gasteiger partial charge in [-0.3, -0.25) is 4.79 Å². The van der Waals surface area contributed by atoms with E-state index in [9.17, 15) is 4.79 Å². The number of amides is 1. The Morgan fingerprint density at radius 3 is 2.50 bits per heavy atom. The fourth-order valence-corrected chi connectivity index (χ4v) is 4.51. The lowest BCUT2D eigenvalue weighted by molar-refractivity contribution is 0.0997. The summed E-state index contributed by atoms with van der Waals surface area (Å²) in [6, 6.07) is 22.9. The van der Waals surface area contributed by atoms with Gasteiger partial charge in [0.05, 0.1) is 17.1 Å². The number of hydrogen-bond donors (Lipinski definition) is 1. The average molecular weight is 488 g/mol. The molecule has 0 saturated carbocycles. The van der Waals surface area contributed by atoms with E-state index in [1.807, 2.05) is 55.5 Å². The highest BCUT2D eigenvalue weighted by atomic mass is 35.5. The molecule has 0 radical (unpaired) electrons. The monoisotopic (exact) mass is 487 g/mol. The number of benzene rings is 3. The molecule has 0 unspecified atom stereocenters. The van der Waals surface area contributed by atoms with Crippen LogP contribution in [0.3, 0.4) is 0 Å². The number of aryl methyl sites for hydroxylation is 1. The maximum absolute atomic E-state index is 12.7.